The van der Waals surface area contributed by atoms with Crippen molar-refractivity contribution in [3.05, 3.63) is 36.2 Å². The van der Waals surface area contributed by atoms with Gasteiger partial charge in [0, 0.05) is 17.0 Å². The number of thioether (sulfide) groups is 1. The minimum atomic E-state index is 0.882. The summed E-state index contributed by atoms with van der Waals surface area (Å²) in [5.41, 5.74) is 2.21. The number of nitrogens with one attached hydrogen (secondary N) is 2. The van der Waals surface area contributed by atoms with E-state index in [9.17, 15) is 0 Å². The topological polar surface area (TPSA) is 49.8 Å². The van der Waals surface area contributed by atoms with Crippen molar-refractivity contribution in [2.75, 3.05) is 23.4 Å². The van der Waals surface area contributed by atoms with E-state index in [2.05, 4.69) is 52.8 Å². The van der Waals surface area contributed by atoms with Gasteiger partial charge in [-0.1, -0.05) is 26.0 Å². The van der Waals surface area contributed by atoms with Crippen molar-refractivity contribution < 1.29 is 0 Å². The lowest BCUT2D eigenvalue weighted by molar-refractivity contribution is 0.949. The van der Waals surface area contributed by atoms with Crippen molar-refractivity contribution >= 4 is 29.1 Å². The summed E-state index contributed by atoms with van der Waals surface area (Å²) in [6.45, 7) is 5.19. The van der Waals surface area contributed by atoms with Gasteiger partial charge in [0.2, 0.25) is 0 Å². The van der Waals surface area contributed by atoms with Gasteiger partial charge in [-0.05, 0) is 31.2 Å². The van der Waals surface area contributed by atoms with Gasteiger partial charge in [0.25, 0.3) is 0 Å². The van der Waals surface area contributed by atoms with Crippen LogP contribution in [-0.4, -0.2) is 22.8 Å². The second kappa shape index (κ2) is 7.88. The van der Waals surface area contributed by atoms with Gasteiger partial charge >= 0.3 is 0 Å². The van der Waals surface area contributed by atoms with Crippen LogP contribution in [0, 0.1) is 0 Å². The van der Waals surface area contributed by atoms with Crippen LogP contribution < -0.4 is 10.6 Å². The molecule has 0 fully saturated rings. The van der Waals surface area contributed by atoms with Gasteiger partial charge in [-0.15, -0.1) is 11.8 Å². The van der Waals surface area contributed by atoms with Crippen LogP contribution in [0.4, 0.5) is 17.3 Å². The third-order valence-corrected chi connectivity index (χ3v) is 4.00. The summed E-state index contributed by atoms with van der Waals surface area (Å²) < 4.78 is 0. The highest BCUT2D eigenvalue weighted by molar-refractivity contribution is 7.98. The number of anilines is 3. The average Bonchev–Trinajstić information content (AvgIpc) is 2.53. The molecule has 5 heteroatoms. The molecule has 0 aliphatic rings. The van der Waals surface area contributed by atoms with Crippen LogP contribution in [0.5, 0.6) is 0 Å². The Labute approximate surface area is 130 Å². The molecule has 1 heterocycles. The van der Waals surface area contributed by atoms with E-state index in [1.54, 1.807) is 18.1 Å². The maximum Gasteiger partial charge on any atom is 0.139 e. The predicted octanol–water partition coefficient (Wildman–Crippen LogP) is 4.33. The Balaban J connectivity index is 2.31. The van der Waals surface area contributed by atoms with Gasteiger partial charge in [0.1, 0.15) is 18.0 Å². The average molecular weight is 302 g/mol. The molecule has 0 spiro atoms. The molecule has 0 saturated heterocycles. The smallest absolute Gasteiger partial charge is 0.139 e. The number of nitrogens with zero attached hydrogens (tertiary/aromatic N) is 2. The summed E-state index contributed by atoms with van der Waals surface area (Å²) in [5, 5.41) is 6.82. The minimum absolute atomic E-state index is 0.882. The van der Waals surface area contributed by atoms with Crippen LogP contribution in [-0.2, 0) is 6.42 Å². The van der Waals surface area contributed by atoms with Crippen LogP contribution in [0.2, 0.25) is 0 Å². The molecule has 0 saturated carbocycles. The Morgan fingerprint density at radius 3 is 2.57 bits per heavy atom. The summed E-state index contributed by atoms with van der Waals surface area (Å²) in [6.07, 6.45) is 5.65. The standard InChI is InChI=1S/C16H22N4S/c1-4-10-17-15-12(5-2)16(19-11-18-15)20-13-8-6-7-9-14(13)21-3/h6-9,11H,4-5,10H2,1-3H3,(H2,17,18,19,20). The van der Waals surface area contributed by atoms with E-state index in [1.165, 1.54) is 4.90 Å². The highest BCUT2D eigenvalue weighted by atomic mass is 32.2. The lowest BCUT2D eigenvalue weighted by Gasteiger charge is -2.15. The Hall–Kier alpha value is -1.75. The van der Waals surface area contributed by atoms with Gasteiger partial charge in [0.15, 0.2) is 0 Å². The summed E-state index contributed by atoms with van der Waals surface area (Å²) in [5.74, 6) is 1.81. The highest BCUT2D eigenvalue weighted by Crippen LogP contribution is 2.29. The largest absolute Gasteiger partial charge is 0.370 e. The Morgan fingerprint density at radius 2 is 1.86 bits per heavy atom. The second-order valence-electron chi connectivity index (χ2n) is 4.66. The number of benzene rings is 1. The lowest BCUT2D eigenvalue weighted by Crippen LogP contribution is -2.08. The van der Waals surface area contributed by atoms with E-state index in [4.69, 9.17) is 0 Å². The molecule has 0 aliphatic carbocycles. The monoisotopic (exact) mass is 302 g/mol. The molecule has 0 bridgehead atoms. The van der Waals surface area contributed by atoms with E-state index in [1.807, 2.05) is 12.1 Å². The van der Waals surface area contributed by atoms with Gasteiger partial charge in [-0.25, -0.2) is 9.97 Å². The summed E-state index contributed by atoms with van der Waals surface area (Å²) in [4.78, 5) is 9.99. The van der Waals surface area contributed by atoms with Gasteiger partial charge in [-0.2, -0.15) is 0 Å². The molecule has 0 radical (unpaired) electrons. The van der Waals surface area contributed by atoms with Crippen LogP contribution >= 0.6 is 11.8 Å². The van der Waals surface area contributed by atoms with E-state index in [0.717, 1.165) is 42.3 Å². The molecular formula is C16H22N4S. The molecule has 21 heavy (non-hydrogen) atoms. The van der Waals surface area contributed by atoms with Crippen molar-refractivity contribution in [1.29, 1.82) is 0 Å². The minimum Gasteiger partial charge on any atom is -0.370 e. The van der Waals surface area contributed by atoms with E-state index in [0.29, 0.717) is 0 Å². The third-order valence-electron chi connectivity index (χ3n) is 3.20. The zero-order valence-electron chi connectivity index (χ0n) is 12.8. The van der Waals surface area contributed by atoms with Crippen molar-refractivity contribution in [1.82, 2.24) is 9.97 Å². The van der Waals surface area contributed by atoms with Crippen LogP contribution in [0.1, 0.15) is 25.8 Å². The molecule has 0 amide bonds. The molecule has 0 aliphatic heterocycles. The summed E-state index contributed by atoms with van der Waals surface area (Å²) >= 11 is 1.72. The zero-order chi connectivity index (χ0) is 15.1. The third kappa shape index (κ3) is 3.88. The Bertz CT molecular complexity index is 586. The SMILES string of the molecule is CCCNc1ncnc(Nc2ccccc2SC)c1CC. The normalized spacial score (nSPS) is 10.4. The maximum absolute atomic E-state index is 4.42. The lowest BCUT2D eigenvalue weighted by atomic mass is 10.2. The first kappa shape index (κ1) is 15.6. The number of hydrogen-bond acceptors (Lipinski definition) is 5. The fourth-order valence-corrected chi connectivity index (χ4v) is 2.68. The van der Waals surface area contributed by atoms with Gasteiger partial charge < -0.3 is 10.6 Å². The van der Waals surface area contributed by atoms with Gasteiger partial charge in [-0.3, -0.25) is 0 Å². The molecular weight excluding hydrogens is 280 g/mol. The second-order valence-corrected chi connectivity index (χ2v) is 5.50. The van der Waals surface area contributed by atoms with Crippen molar-refractivity contribution in [2.45, 2.75) is 31.6 Å². The number of aromatic nitrogens is 2. The molecule has 0 atom stereocenters. The molecule has 2 aromatic rings. The number of hydrogen-bond donors (Lipinski definition) is 2. The fourth-order valence-electron chi connectivity index (χ4n) is 2.13. The van der Waals surface area contributed by atoms with E-state index >= 15 is 0 Å². The maximum atomic E-state index is 4.42. The Morgan fingerprint density at radius 1 is 1.10 bits per heavy atom. The quantitative estimate of drug-likeness (QED) is 0.746. The van der Waals surface area contributed by atoms with E-state index < -0.39 is 0 Å². The first-order valence-electron chi connectivity index (χ1n) is 7.27. The number of para-hydroxylation sites is 1. The van der Waals surface area contributed by atoms with E-state index in [-0.39, 0.29) is 0 Å². The molecule has 0 unspecified atom stereocenters. The summed E-state index contributed by atoms with van der Waals surface area (Å²) in [6, 6.07) is 8.26. The molecule has 2 N–H and O–H groups in total. The van der Waals surface area contributed by atoms with Crippen LogP contribution in [0.25, 0.3) is 0 Å². The molecule has 4 nitrogen and oxygen atoms in total. The molecule has 1 aromatic carbocycles. The van der Waals surface area contributed by atoms with Gasteiger partial charge in [0.05, 0.1) is 5.69 Å². The molecule has 112 valence electrons. The number of rotatable bonds is 7. The summed E-state index contributed by atoms with van der Waals surface area (Å²) in [7, 11) is 0. The van der Waals surface area contributed by atoms with Crippen molar-refractivity contribution in [3.8, 4) is 0 Å². The Kier molecular flexibility index (Phi) is 5.87. The highest BCUT2D eigenvalue weighted by Gasteiger charge is 2.11. The first-order chi connectivity index (χ1) is 10.3. The molecule has 2 rings (SSSR count). The first-order valence-corrected chi connectivity index (χ1v) is 8.50. The zero-order valence-corrected chi connectivity index (χ0v) is 13.6. The van der Waals surface area contributed by atoms with Crippen molar-refractivity contribution in [3.63, 3.8) is 0 Å². The fraction of sp³-hybridized carbons (Fsp3) is 0.375. The van der Waals surface area contributed by atoms with Crippen molar-refractivity contribution in [2.24, 2.45) is 0 Å². The van der Waals surface area contributed by atoms with Crippen LogP contribution in [0.3, 0.4) is 0 Å². The van der Waals surface area contributed by atoms with Crippen LogP contribution in [0.15, 0.2) is 35.5 Å². The predicted molar refractivity (Wildman–Crippen MR) is 91.7 cm³/mol. The molecule has 1 aromatic heterocycles.